The maximum Gasteiger partial charge on any atom is 0.251 e. The number of carbonyl (C=O) groups excluding carboxylic acids is 1. The van der Waals surface area contributed by atoms with Crippen LogP contribution in [0.3, 0.4) is 0 Å². The van der Waals surface area contributed by atoms with Crippen LogP contribution in [0.25, 0.3) is 22.1 Å². The van der Waals surface area contributed by atoms with Crippen molar-refractivity contribution in [1.29, 1.82) is 0 Å². The van der Waals surface area contributed by atoms with Gasteiger partial charge < -0.3 is 14.7 Å². The van der Waals surface area contributed by atoms with Crippen LogP contribution in [0.4, 0.5) is 0 Å². The van der Waals surface area contributed by atoms with Crippen molar-refractivity contribution in [3.05, 3.63) is 35.0 Å². The van der Waals surface area contributed by atoms with Crippen LogP contribution in [0.2, 0.25) is 0 Å². The fraction of sp³-hybridized carbons (Fsp3) is 0.455. The number of rotatable bonds is 4. The maximum absolute atomic E-state index is 11.9. The number of hydrogen-bond acceptors (Lipinski definition) is 7. The number of aromatic nitrogens is 4. The quantitative estimate of drug-likeness (QED) is 0.672. The molecule has 3 aromatic rings. The smallest absolute Gasteiger partial charge is 0.251 e. The van der Waals surface area contributed by atoms with E-state index in [2.05, 4.69) is 42.1 Å². The highest BCUT2D eigenvalue weighted by molar-refractivity contribution is 7.15. The molecule has 8 nitrogen and oxygen atoms in total. The van der Waals surface area contributed by atoms with Gasteiger partial charge in [-0.25, -0.2) is 14.6 Å². The number of carbonyl (C=O) groups is 1. The molecule has 1 N–H and O–H groups in total. The average Bonchev–Trinajstić information content (AvgIpc) is 3.31. The Morgan fingerprint density at radius 1 is 1.29 bits per heavy atom. The zero-order valence-corrected chi connectivity index (χ0v) is 18.6. The molecule has 0 saturated carbocycles. The van der Waals surface area contributed by atoms with Crippen molar-refractivity contribution in [2.75, 3.05) is 19.7 Å². The molecule has 1 atom stereocenters. The lowest BCUT2D eigenvalue weighted by Gasteiger charge is -2.40. The van der Waals surface area contributed by atoms with Crippen molar-refractivity contribution >= 4 is 17.2 Å². The van der Waals surface area contributed by atoms with Crippen LogP contribution in [0.5, 0.6) is 5.75 Å². The average molecular weight is 440 g/mol. The van der Waals surface area contributed by atoms with Crippen LogP contribution in [-0.2, 0) is 11.2 Å². The lowest BCUT2D eigenvalue weighted by Crippen LogP contribution is -2.51. The van der Waals surface area contributed by atoms with Gasteiger partial charge >= 0.3 is 0 Å². The highest BCUT2D eigenvalue weighted by Gasteiger charge is 2.34. The summed E-state index contributed by atoms with van der Waals surface area (Å²) in [4.78, 5) is 24.2. The van der Waals surface area contributed by atoms with E-state index in [1.807, 2.05) is 4.68 Å². The Balaban J connectivity index is 1.43. The molecule has 1 fully saturated rings. The Morgan fingerprint density at radius 2 is 2.10 bits per heavy atom. The number of nitrogens with zero attached hydrogens (tertiary/aromatic N) is 5. The van der Waals surface area contributed by atoms with Gasteiger partial charge in [-0.3, -0.25) is 4.79 Å². The van der Waals surface area contributed by atoms with Gasteiger partial charge in [-0.2, -0.15) is 5.10 Å². The Labute approximate surface area is 184 Å². The molecule has 0 unspecified atom stereocenters. The highest BCUT2D eigenvalue weighted by Crippen LogP contribution is 2.42. The van der Waals surface area contributed by atoms with E-state index in [0.717, 1.165) is 39.8 Å². The van der Waals surface area contributed by atoms with Gasteiger partial charge in [-0.15, -0.1) is 11.3 Å². The summed E-state index contributed by atoms with van der Waals surface area (Å²) in [5.41, 5.74) is 3.09. The summed E-state index contributed by atoms with van der Waals surface area (Å²) >= 11 is 1.65. The van der Waals surface area contributed by atoms with Gasteiger partial charge in [0, 0.05) is 41.9 Å². The van der Waals surface area contributed by atoms with Crippen LogP contribution in [0.1, 0.15) is 43.2 Å². The summed E-state index contributed by atoms with van der Waals surface area (Å²) in [6.45, 7) is 7.52. The Hall–Kier alpha value is -2.78. The van der Waals surface area contributed by atoms with Gasteiger partial charge in [0.25, 0.3) is 5.91 Å². The molecular formula is C22H25N5O3S. The molecule has 2 aromatic heterocycles. The minimum Gasteiger partial charge on any atom is -0.492 e. The first-order valence-corrected chi connectivity index (χ1v) is 11.4. The number of aliphatic hydroxyl groups excluding tert-OH is 1. The highest BCUT2D eigenvalue weighted by atomic mass is 32.1. The van der Waals surface area contributed by atoms with Gasteiger partial charge in [0.15, 0.2) is 10.8 Å². The van der Waals surface area contributed by atoms with Crippen LogP contribution < -0.4 is 4.74 Å². The summed E-state index contributed by atoms with van der Waals surface area (Å²) in [5.74, 6) is 1.68. The third-order valence-electron chi connectivity index (χ3n) is 5.82. The molecule has 0 bridgehead atoms. The number of likely N-dealkylation sites (tertiary alicyclic amines) is 1. The van der Waals surface area contributed by atoms with Gasteiger partial charge in [0.05, 0.1) is 12.3 Å². The first-order chi connectivity index (χ1) is 14.9. The van der Waals surface area contributed by atoms with E-state index in [0.29, 0.717) is 19.7 Å². The number of benzene rings is 1. The molecule has 0 radical (unpaired) electrons. The maximum atomic E-state index is 11.9. The molecule has 0 spiro atoms. The number of fused-ring (bicyclic) bond motifs is 3. The largest absolute Gasteiger partial charge is 0.492 e. The first-order valence-electron chi connectivity index (χ1n) is 10.6. The topological polar surface area (TPSA) is 93.4 Å². The molecule has 0 aliphatic carbocycles. The SMILES string of the molecule is CC(C)n1ncnc1-c1nc2c(s1)CCOc1cc(C3CN(C(=O)[C@H](C)O)C3)ccc1-2. The molecule has 4 heterocycles. The predicted molar refractivity (Wildman–Crippen MR) is 117 cm³/mol. The molecule has 1 saturated heterocycles. The summed E-state index contributed by atoms with van der Waals surface area (Å²) < 4.78 is 7.97. The van der Waals surface area contributed by atoms with Gasteiger partial charge in [0.2, 0.25) is 0 Å². The molecule has 2 aliphatic rings. The van der Waals surface area contributed by atoms with E-state index in [1.54, 1.807) is 22.6 Å². The van der Waals surface area contributed by atoms with Gasteiger partial charge in [0.1, 0.15) is 18.2 Å². The normalized spacial score (nSPS) is 16.9. The van der Waals surface area contributed by atoms with E-state index in [9.17, 15) is 9.90 Å². The third-order valence-corrected chi connectivity index (χ3v) is 6.93. The second-order valence-corrected chi connectivity index (χ2v) is 9.47. The van der Waals surface area contributed by atoms with Crippen LogP contribution in [0.15, 0.2) is 24.5 Å². The summed E-state index contributed by atoms with van der Waals surface area (Å²) in [7, 11) is 0. The Bertz CT molecular complexity index is 1130. The molecule has 162 valence electrons. The minimum atomic E-state index is -0.949. The van der Waals surface area contributed by atoms with Crippen LogP contribution >= 0.6 is 11.3 Å². The fourth-order valence-corrected chi connectivity index (χ4v) is 5.15. The summed E-state index contributed by atoms with van der Waals surface area (Å²) in [6, 6.07) is 6.46. The number of hydrogen-bond donors (Lipinski definition) is 1. The second kappa shape index (κ2) is 7.72. The lowest BCUT2D eigenvalue weighted by atomic mass is 9.90. The lowest BCUT2D eigenvalue weighted by molar-refractivity contribution is -0.143. The molecule has 31 heavy (non-hydrogen) atoms. The number of thiazole rings is 1. The number of aliphatic hydroxyl groups is 1. The van der Waals surface area contributed by atoms with Crippen molar-refractivity contribution in [2.24, 2.45) is 0 Å². The zero-order chi connectivity index (χ0) is 21.7. The van der Waals surface area contributed by atoms with Crippen molar-refractivity contribution in [3.63, 3.8) is 0 Å². The molecule has 2 aliphatic heterocycles. The molecule has 5 rings (SSSR count). The van der Waals surface area contributed by atoms with E-state index in [4.69, 9.17) is 9.72 Å². The fourth-order valence-electron chi connectivity index (χ4n) is 4.10. The Kier molecular flexibility index (Phi) is 5.02. The van der Waals surface area contributed by atoms with Crippen LogP contribution in [0, 0.1) is 0 Å². The van der Waals surface area contributed by atoms with E-state index >= 15 is 0 Å². The predicted octanol–water partition coefficient (Wildman–Crippen LogP) is 2.89. The summed E-state index contributed by atoms with van der Waals surface area (Å²) in [6.07, 6.45) is 1.43. The summed E-state index contributed by atoms with van der Waals surface area (Å²) in [5, 5.41) is 14.7. The standard InChI is InChI=1S/C22H25N5O3S/c1-12(2)27-20(23-11-24-27)21-25-19-16-5-4-14(8-17(16)30-7-6-18(19)31-21)15-9-26(10-15)22(29)13(3)28/h4-5,8,11-13,15,28H,6-7,9-10H2,1-3H3/t13-/m0/s1. The molecule has 9 heteroatoms. The monoisotopic (exact) mass is 439 g/mol. The molecule has 1 aromatic carbocycles. The third kappa shape index (κ3) is 3.51. The number of ether oxygens (including phenoxy) is 1. The Morgan fingerprint density at radius 3 is 2.84 bits per heavy atom. The van der Waals surface area contributed by atoms with Crippen molar-refractivity contribution < 1.29 is 14.6 Å². The first kappa shape index (κ1) is 20.1. The van der Waals surface area contributed by atoms with Gasteiger partial charge in [-0.1, -0.05) is 6.07 Å². The van der Waals surface area contributed by atoms with Crippen molar-refractivity contribution in [2.45, 2.75) is 45.3 Å². The molecule has 1 amide bonds. The minimum absolute atomic E-state index is 0.210. The van der Waals surface area contributed by atoms with Crippen molar-refractivity contribution in [3.8, 4) is 27.8 Å². The van der Waals surface area contributed by atoms with Crippen molar-refractivity contribution in [1.82, 2.24) is 24.6 Å². The van der Waals surface area contributed by atoms with E-state index in [-0.39, 0.29) is 17.9 Å². The van der Waals surface area contributed by atoms with E-state index < -0.39 is 6.10 Å². The van der Waals surface area contributed by atoms with Crippen LogP contribution in [-0.4, -0.2) is 61.5 Å². The van der Waals surface area contributed by atoms with Gasteiger partial charge in [-0.05, 0) is 38.5 Å². The zero-order valence-electron chi connectivity index (χ0n) is 17.8. The van der Waals surface area contributed by atoms with E-state index in [1.165, 1.54) is 11.8 Å². The molecular weight excluding hydrogens is 414 g/mol. The number of amides is 1. The second-order valence-electron chi connectivity index (χ2n) is 8.38.